The molecule has 2 aliphatic rings. The van der Waals surface area contributed by atoms with Crippen molar-refractivity contribution in [2.45, 2.75) is 84.7 Å². The first-order valence-corrected chi connectivity index (χ1v) is 14.5. The Kier molecular flexibility index (Phi) is 8.70. The van der Waals surface area contributed by atoms with Crippen LogP contribution in [0.2, 0.25) is 0 Å². The van der Waals surface area contributed by atoms with Crippen LogP contribution in [-0.4, -0.2) is 11.5 Å². The van der Waals surface area contributed by atoms with Crippen LogP contribution in [0.3, 0.4) is 0 Å². The lowest BCUT2D eigenvalue weighted by Crippen LogP contribution is -2.12. The quantitative estimate of drug-likeness (QED) is 0.184. The Morgan fingerprint density at radius 3 is 2.38 bits per heavy atom. The van der Waals surface area contributed by atoms with Crippen molar-refractivity contribution in [1.29, 1.82) is 0 Å². The number of nitro benzene ring substituents is 1. The van der Waals surface area contributed by atoms with E-state index in [1.807, 2.05) is 37.3 Å². The van der Waals surface area contributed by atoms with Gasteiger partial charge < -0.3 is 14.2 Å². The van der Waals surface area contributed by atoms with Crippen molar-refractivity contribution in [2.24, 2.45) is 5.92 Å². The second-order valence-electron chi connectivity index (χ2n) is 10.9. The molecule has 0 N–H and O–H groups in total. The summed E-state index contributed by atoms with van der Waals surface area (Å²) >= 11 is 0. The molecule has 0 atom stereocenters. The highest BCUT2D eigenvalue weighted by atomic mass is 16.6. The molecule has 5 rings (SSSR count). The van der Waals surface area contributed by atoms with Gasteiger partial charge >= 0.3 is 0 Å². The molecule has 0 amide bonds. The van der Waals surface area contributed by atoms with Crippen LogP contribution < -0.4 is 14.2 Å². The third-order valence-electron chi connectivity index (χ3n) is 8.19. The molecule has 0 aromatic heterocycles. The molecular formula is C33H39NO5. The average Bonchev–Trinajstić information content (AvgIpc) is 3.45. The Bertz CT molecular complexity index is 1300. The van der Waals surface area contributed by atoms with Gasteiger partial charge in [0.15, 0.2) is 11.5 Å². The molecule has 0 radical (unpaired) electrons. The van der Waals surface area contributed by atoms with Crippen LogP contribution in [0.25, 0.3) is 0 Å². The van der Waals surface area contributed by atoms with Crippen molar-refractivity contribution >= 4 is 5.69 Å². The second kappa shape index (κ2) is 12.5. The first kappa shape index (κ1) is 27.0. The summed E-state index contributed by atoms with van der Waals surface area (Å²) in [4.78, 5) is 11.4. The summed E-state index contributed by atoms with van der Waals surface area (Å²) in [6.07, 6.45) is 10.7. The molecule has 39 heavy (non-hydrogen) atoms. The normalized spacial score (nSPS) is 15.1. The molecule has 0 saturated heterocycles. The summed E-state index contributed by atoms with van der Waals surface area (Å²) in [6, 6.07) is 15.7. The summed E-state index contributed by atoms with van der Waals surface area (Å²) in [5.41, 5.74) is 4.84. The van der Waals surface area contributed by atoms with Gasteiger partial charge in [0.2, 0.25) is 0 Å². The van der Waals surface area contributed by atoms with Gasteiger partial charge in [-0.25, -0.2) is 0 Å². The lowest BCUT2D eigenvalue weighted by atomic mass is 9.87. The van der Waals surface area contributed by atoms with E-state index < -0.39 is 0 Å². The van der Waals surface area contributed by atoms with Gasteiger partial charge in [-0.15, -0.1) is 0 Å². The maximum atomic E-state index is 11.7. The minimum Gasteiger partial charge on any atom is -0.489 e. The van der Waals surface area contributed by atoms with E-state index >= 15 is 0 Å². The van der Waals surface area contributed by atoms with Crippen LogP contribution in [-0.2, 0) is 25.9 Å². The molecule has 2 aliphatic carbocycles. The fourth-order valence-electron chi connectivity index (χ4n) is 6.12. The third kappa shape index (κ3) is 6.21. The molecule has 0 aliphatic heterocycles. The van der Waals surface area contributed by atoms with Crippen molar-refractivity contribution in [2.75, 3.05) is 6.61 Å². The second-order valence-corrected chi connectivity index (χ2v) is 10.9. The zero-order chi connectivity index (χ0) is 27.2. The van der Waals surface area contributed by atoms with Gasteiger partial charge in [-0.3, -0.25) is 10.1 Å². The van der Waals surface area contributed by atoms with Crippen LogP contribution in [0.5, 0.6) is 23.0 Å². The molecule has 1 fully saturated rings. The molecule has 6 heteroatoms. The molecule has 1 saturated carbocycles. The molecule has 0 bridgehead atoms. The number of benzene rings is 3. The van der Waals surface area contributed by atoms with Gasteiger partial charge in [-0.1, -0.05) is 69.4 Å². The molecule has 0 heterocycles. The minimum absolute atomic E-state index is 0.204. The van der Waals surface area contributed by atoms with Gasteiger partial charge in [0, 0.05) is 22.8 Å². The summed E-state index contributed by atoms with van der Waals surface area (Å²) in [5.74, 6) is 3.61. The highest BCUT2D eigenvalue weighted by molar-refractivity contribution is 5.61. The Morgan fingerprint density at radius 1 is 0.897 bits per heavy atom. The summed E-state index contributed by atoms with van der Waals surface area (Å²) < 4.78 is 19.4. The first-order valence-electron chi connectivity index (χ1n) is 14.5. The summed E-state index contributed by atoms with van der Waals surface area (Å²) in [6.45, 7) is 5.11. The Hall–Kier alpha value is -3.54. The predicted octanol–water partition coefficient (Wildman–Crippen LogP) is 8.67. The number of fused-ring (bicyclic) bond motifs is 1. The fraction of sp³-hybridized carbons (Fsp3) is 0.455. The number of hydrogen-bond acceptors (Lipinski definition) is 5. The SMILES string of the molecule is CCc1c(OCc2ccccc2)ccc(Oc2c(C)cc([N+](=O)[O-])c3c2CCC3)c1OCCC1CCCCC1. The van der Waals surface area contributed by atoms with E-state index in [1.165, 1.54) is 32.1 Å². The molecule has 0 spiro atoms. The molecule has 206 valence electrons. The van der Waals surface area contributed by atoms with Gasteiger partial charge in [0.1, 0.15) is 18.1 Å². The number of ether oxygens (including phenoxy) is 3. The van der Waals surface area contributed by atoms with Crippen molar-refractivity contribution in [3.63, 3.8) is 0 Å². The standard InChI is InChI=1S/C33H39NO5/c1-3-26-30(38-22-25-13-8-5-9-14-25)17-18-31(33(26)37-20-19-24-11-6-4-7-12-24)39-32-23(2)21-29(34(35)36)27-15-10-16-28(27)32/h5,8-9,13-14,17-18,21,24H,3-4,6-7,10-12,15-16,19-20,22H2,1-2H3. The van der Waals surface area contributed by atoms with Gasteiger partial charge in [0.25, 0.3) is 5.69 Å². The number of rotatable bonds is 11. The number of aryl methyl sites for hydroxylation is 1. The van der Waals surface area contributed by atoms with Crippen LogP contribution in [0.15, 0.2) is 48.5 Å². The summed E-state index contributed by atoms with van der Waals surface area (Å²) in [7, 11) is 0. The number of nitrogens with zero attached hydrogens (tertiary/aromatic N) is 1. The number of nitro groups is 1. The van der Waals surface area contributed by atoms with E-state index in [2.05, 4.69) is 19.1 Å². The van der Waals surface area contributed by atoms with E-state index in [1.54, 1.807) is 6.07 Å². The van der Waals surface area contributed by atoms with E-state index in [-0.39, 0.29) is 10.6 Å². The monoisotopic (exact) mass is 529 g/mol. The van der Waals surface area contributed by atoms with Gasteiger partial charge in [0.05, 0.1) is 11.5 Å². The van der Waals surface area contributed by atoms with Crippen LogP contribution in [0, 0.1) is 23.0 Å². The molecular weight excluding hydrogens is 490 g/mol. The molecule has 6 nitrogen and oxygen atoms in total. The number of hydrogen-bond donors (Lipinski definition) is 0. The third-order valence-corrected chi connectivity index (χ3v) is 8.19. The first-order chi connectivity index (χ1) is 19.0. The van der Waals surface area contributed by atoms with Crippen LogP contribution >= 0.6 is 0 Å². The summed E-state index contributed by atoms with van der Waals surface area (Å²) in [5, 5.41) is 11.7. The van der Waals surface area contributed by atoms with Gasteiger partial charge in [-0.2, -0.15) is 0 Å². The van der Waals surface area contributed by atoms with Crippen LogP contribution in [0.4, 0.5) is 5.69 Å². The molecule has 0 unspecified atom stereocenters. The maximum absolute atomic E-state index is 11.7. The Balaban J connectivity index is 1.46. The van der Waals surface area contributed by atoms with Crippen molar-refractivity contribution in [1.82, 2.24) is 0 Å². The van der Waals surface area contributed by atoms with Crippen molar-refractivity contribution in [3.8, 4) is 23.0 Å². The zero-order valence-corrected chi connectivity index (χ0v) is 23.2. The largest absolute Gasteiger partial charge is 0.489 e. The van der Waals surface area contributed by atoms with E-state index in [4.69, 9.17) is 14.2 Å². The van der Waals surface area contributed by atoms with E-state index in [0.717, 1.165) is 70.7 Å². The topological polar surface area (TPSA) is 70.8 Å². The van der Waals surface area contributed by atoms with Crippen LogP contribution in [0.1, 0.15) is 79.7 Å². The Morgan fingerprint density at radius 2 is 1.64 bits per heavy atom. The highest BCUT2D eigenvalue weighted by Gasteiger charge is 2.29. The Labute approximate surface area is 231 Å². The predicted molar refractivity (Wildman–Crippen MR) is 153 cm³/mol. The van der Waals surface area contributed by atoms with Crippen molar-refractivity contribution in [3.05, 3.63) is 86.5 Å². The maximum Gasteiger partial charge on any atom is 0.273 e. The smallest absolute Gasteiger partial charge is 0.273 e. The van der Waals surface area contributed by atoms with Crippen molar-refractivity contribution < 1.29 is 19.1 Å². The lowest BCUT2D eigenvalue weighted by molar-refractivity contribution is -0.385. The zero-order valence-electron chi connectivity index (χ0n) is 23.2. The molecule has 3 aromatic carbocycles. The fourth-order valence-corrected chi connectivity index (χ4v) is 6.12. The lowest BCUT2D eigenvalue weighted by Gasteiger charge is -2.23. The van der Waals surface area contributed by atoms with Gasteiger partial charge in [-0.05, 0) is 68.2 Å². The minimum atomic E-state index is -0.269. The molecule has 3 aromatic rings. The average molecular weight is 530 g/mol. The van der Waals surface area contributed by atoms with E-state index in [9.17, 15) is 10.1 Å². The van der Waals surface area contributed by atoms with E-state index in [0.29, 0.717) is 31.3 Å². The highest BCUT2D eigenvalue weighted by Crippen LogP contribution is 2.46.